The van der Waals surface area contributed by atoms with E-state index in [0.717, 1.165) is 5.56 Å². The van der Waals surface area contributed by atoms with E-state index in [0.29, 0.717) is 17.1 Å². The van der Waals surface area contributed by atoms with E-state index in [-0.39, 0.29) is 12.5 Å². The number of hydrogen-bond donors (Lipinski definition) is 3. The standard InChI is InChI=1S/C13H12N6O/c20-13(14-7-11-15-8-17-18-11)10-6-16-19-12(10)9-4-2-1-3-5-9/h1-6,8H,7H2,(H,14,20)(H,16,19)(H,15,17,18). The Morgan fingerprint density at radius 2 is 2.00 bits per heavy atom. The van der Waals surface area contributed by atoms with Gasteiger partial charge in [-0.2, -0.15) is 10.2 Å². The Hall–Kier alpha value is -2.96. The number of carbonyl (C=O) groups excluding carboxylic acids is 1. The van der Waals surface area contributed by atoms with Crippen LogP contribution >= 0.6 is 0 Å². The topological polar surface area (TPSA) is 99.3 Å². The summed E-state index contributed by atoms with van der Waals surface area (Å²) in [4.78, 5) is 16.1. The second-order valence-corrected chi connectivity index (χ2v) is 4.14. The SMILES string of the molecule is O=C(NCc1ncn[nH]1)c1cn[nH]c1-c1ccccc1. The van der Waals surface area contributed by atoms with Crippen molar-refractivity contribution in [2.24, 2.45) is 0 Å². The number of hydrogen-bond acceptors (Lipinski definition) is 4. The van der Waals surface area contributed by atoms with Crippen molar-refractivity contribution >= 4 is 5.91 Å². The normalized spacial score (nSPS) is 10.4. The van der Waals surface area contributed by atoms with Crippen LogP contribution in [0.1, 0.15) is 16.2 Å². The zero-order valence-electron chi connectivity index (χ0n) is 10.5. The molecule has 0 radical (unpaired) electrons. The molecule has 2 heterocycles. The highest BCUT2D eigenvalue weighted by Gasteiger charge is 2.15. The van der Waals surface area contributed by atoms with E-state index in [9.17, 15) is 4.79 Å². The summed E-state index contributed by atoms with van der Waals surface area (Å²) in [6.45, 7) is 0.290. The van der Waals surface area contributed by atoms with E-state index >= 15 is 0 Å². The fourth-order valence-electron chi connectivity index (χ4n) is 1.86. The summed E-state index contributed by atoms with van der Waals surface area (Å²) in [5.41, 5.74) is 2.10. The van der Waals surface area contributed by atoms with E-state index in [1.165, 1.54) is 12.5 Å². The van der Waals surface area contributed by atoms with Gasteiger partial charge in [0.05, 0.1) is 24.0 Å². The zero-order valence-corrected chi connectivity index (χ0v) is 10.5. The number of nitrogens with one attached hydrogen (secondary N) is 3. The third kappa shape index (κ3) is 2.41. The molecule has 0 spiro atoms. The number of H-pyrrole nitrogens is 2. The van der Waals surface area contributed by atoms with Crippen LogP contribution in [0.4, 0.5) is 0 Å². The van der Waals surface area contributed by atoms with Crippen LogP contribution in [0.25, 0.3) is 11.3 Å². The molecule has 0 fully saturated rings. The van der Waals surface area contributed by atoms with Crippen LogP contribution in [-0.4, -0.2) is 31.3 Å². The summed E-state index contributed by atoms with van der Waals surface area (Å²) in [6, 6.07) is 9.57. The van der Waals surface area contributed by atoms with Gasteiger partial charge in [-0.15, -0.1) is 0 Å². The molecule has 0 aliphatic rings. The summed E-state index contributed by atoms with van der Waals surface area (Å²) in [6.07, 6.45) is 2.91. The molecular weight excluding hydrogens is 256 g/mol. The van der Waals surface area contributed by atoms with E-state index in [4.69, 9.17) is 0 Å². The van der Waals surface area contributed by atoms with Gasteiger partial charge in [0.1, 0.15) is 12.2 Å². The van der Waals surface area contributed by atoms with Crippen molar-refractivity contribution in [2.45, 2.75) is 6.54 Å². The summed E-state index contributed by atoms with van der Waals surface area (Å²) in [7, 11) is 0. The van der Waals surface area contributed by atoms with Gasteiger partial charge in [0.2, 0.25) is 0 Å². The molecule has 100 valence electrons. The van der Waals surface area contributed by atoms with Crippen molar-refractivity contribution in [3.8, 4) is 11.3 Å². The lowest BCUT2D eigenvalue weighted by Crippen LogP contribution is -2.23. The number of rotatable bonds is 4. The Morgan fingerprint density at radius 3 is 2.75 bits per heavy atom. The number of nitrogens with zero attached hydrogens (tertiary/aromatic N) is 3. The average Bonchev–Trinajstić information content (AvgIpc) is 3.17. The maximum absolute atomic E-state index is 12.2. The number of aromatic nitrogens is 5. The first-order valence-corrected chi connectivity index (χ1v) is 6.06. The van der Waals surface area contributed by atoms with Crippen molar-refractivity contribution in [1.82, 2.24) is 30.7 Å². The van der Waals surface area contributed by atoms with E-state index in [1.54, 1.807) is 0 Å². The molecule has 0 aliphatic carbocycles. The molecule has 1 aromatic carbocycles. The number of carbonyl (C=O) groups is 1. The number of amides is 1. The minimum Gasteiger partial charge on any atom is -0.345 e. The molecule has 0 atom stereocenters. The van der Waals surface area contributed by atoms with Gasteiger partial charge >= 0.3 is 0 Å². The molecule has 3 aromatic rings. The zero-order chi connectivity index (χ0) is 13.8. The molecule has 0 unspecified atom stereocenters. The molecule has 20 heavy (non-hydrogen) atoms. The van der Waals surface area contributed by atoms with E-state index in [1.807, 2.05) is 30.3 Å². The van der Waals surface area contributed by atoms with Gasteiger partial charge in [-0.05, 0) is 0 Å². The lowest BCUT2D eigenvalue weighted by Gasteiger charge is -2.04. The Bertz CT molecular complexity index is 689. The van der Waals surface area contributed by atoms with Crippen LogP contribution in [0.5, 0.6) is 0 Å². The highest BCUT2D eigenvalue weighted by atomic mass is 16.1. The van der Waals surface area contributed by atoms with Crippen LogP contribution in [0.3, 0.4) is 0 Å². The van der Waals surface area contributed by atoms with Crippen molar-refractivity contribution in [2.75, 3.05) is 0 Å². The lowest BCUT2D eigenvalue weighted by atomic mass is 10.1. The lowest BCUT2D eigenvalue weighted by molar-refractivity contribution is 0.0950. The molecular formula is C13H12N6O. The summed E-state index contributed by atoms with van der Waals surface area (Å²) in [5.74, 6) is 0.386. The highest BCUT2D eigenvalue weighted by Crippen LogP contribution is 2.20. The van der Waals surface area contributed by atoms with Gasteiger partial charge in [0.25, 0.3) is 5.91 Å². The van der Waals surface area contributed by atoms with Crippen molar-refractivity contribution in [3.05, 3.63) is 54.2 Å². The molecule has 2 aromatic heterocycles. The maximum atomic E-state index is 12.2. The number of benzene rings is 1. The molecule has 0 bridgehead atoms. The second kappa shape index (κ2) is 5.35. The van der Waals surface area contributed by atoms with Gasteiger partial charge in [-0.3, -0.25) is 15.0 Å². The molecule has 3 rings (SSSR count). The van der Waals surface area contributed by atoms with E-state index in [2.05, 4.69) is 30.7 Å². The third-order valence-corrected chi connectivity index (χ3v) is 2.83. The van der Waals surface area contributed by atoms with Crippen LogP contribution < -0.4 is 5.32 Å². The summed E-state index contributed by atoms with van der Waals surface area (Å²) in [5, 5.41) is 16.0. The Morgan fingerprint density at radius 1 is 1.15 bits per heavy atom. The maximum Gasteiger partial charge on any atom is 0.255 e. The summed E-state index contributed by atoms with van der Waals surface area (Å²) >= 11 is 0. The molecule has 0 aliphatic heterocycles. The van der Waals surface area contributed by atoms with Gasteiger partial charge < -0.3 is 5.32 Å². The Kier molecular flexibility index (Phi) is 3.24. The quantitative estimate of drug-likeness (QED) is 0.660. The predicted octanol–water partition coefficient (Wildman–Crippen LogP) is 1.12. The molecule has 3 N–H and O–H groups in total. The first kappa shape index (κ1) is 12.1. The van der Waals surface area contributed by atoms with Gasteiger partial charge in [0.15, 0.2) is 0 Å². The van der Waals surface area contributed by atoms with E-state index < -0.39 is 0 Å². The third-order valence-electron chi connectivity index (χ3n) is 2.83. The minimum absolute atomic E-state index is 0.214. The molecule has 1 amide bonds. The first-order chi connectivity index (χ1) is 9.84. The van der Waals surface area contributed by atoms with Gasteiger partial charge in [-0.25, -0.2) is 4.98 Å². The predicted molar refractivity (Wildman–Crippen MR) is 71.6 cm³/mol. The van der Waals surface area contributed by atoms with Crippen molar-refractivity contribution in [3.63, 3.8) is 0 Å². The van der Waals surface area contributed by atoms with Crippen LogP contribution in [0.2, 0.25) is 0 Å². The fourth-order valence-corrected chi connectivity index (χ4v) is 1.86. The molecule has 0 saturated carbocycles. The second-order valence-electron chi connectivity index (χ2n) is 4.14. The average molecular weight is 268 g/mol. The Labute approximate surface area is 114 Å². The number of aromatic amines is 2. The fraction of sp³-hybridized carbons (Fsp3) is 0.0769. The van der Waals surface area contributed by atoms with Crippen LogP contribution in [-0.2, 0) is 6.54 Å². The van der Waals surface area contributed by atoms with Crippen molar-refractivity contribution < 1.29 is 4.79 Å². The molecule has 7 nitrogen and oxygen atoms in total. The largest absolute Gasteiger partial charge is 0.345 e. The first-order valence-electron chi connectivity index (χ1n) is 6.06. The Balaban J connectivity index is 1.77. The highest BCUT2D eigenvalue weighted by molar-refractivity contribution is 5.99. The monoisotopic (exact) mass is 268 g/mol. The molecule has 0 saturated heterocycles. The summed E-state index contributed by atoms with van der Waals surface area (Å²) < 4.78 is 0. The van der Waals surface area contributed by atoms with Crippen LogP contribution in [0.15, 0.2) is 42.9 Å². The van der Waals surface area contributed by atoms with Crippen LogP contribution in [0, 0.1) is 0 Å². The minimum atomic E-state index is -0.214. The van der Waals surface area contributed by atoms with Crippen molar-refractivity contribution in [1.29, 1.82) is 0 Å². The van der Waals surface area contributed by atoms with Gasteiger partial charge in [0, 0.05) is 5.56 Å². The van der Waals surface area contributed by atoms with Gasteiger partial charge in [-0.1, -0.05) is 30.3 Å². The smallest absolute Gasteiger partial charge is 0.255 e. The molecule has 7 heteroatoms.